The molecule has 19 heavy (non-hydrogen) atoms. The van der Waals surface area contributed by atoms with E-state index in [1.165, 1.54) is 0 Å². The summed E-state index contributed by atoms with van der Waals surface area (Å²) in [5.74, 6) is -0.138. The van der Waals surface area contributed by atoms with Gasteiger partial charge in [-0.25, -0.2) is 4.39 Å². The molecule has 98 valence electrons. The van der Waals surface area contributed by atoms with E-state index in [-0.39, 0.29) is 23.0 Å². The molecule has 0 unspecified atom stereocenters. The van der Waals surface area contributed by atoms with E-state index in [4.69, 9.17) is 5.73 Å². The van der Waals surface area contributed by atoms with Crippen LogP contribution < -0.4 is 11.1 Å². The fourth-order valence-electron chi connectivity index (χ4n) is 1.70. The van der Waals surface area contributed by atoms with Crippen molar-refractivity contribution in [3.8, 4) is 0 Å². The van der Waals surface area contributed by atoms with Crippen LogP contribution in [-0.4, -0.2) is 11.7 Å². The monoisotopic (exact) mass is 276 g/mol. The number of fused-ring (bicyclic) bond motifs is 1. The Kier molecular flexibility index (Phi) is 4.41. The Morgan fingerprint density at radius 2 is 2.00 bits per heavy atom. The number of nitrogens with one attached hydrogen (secondary N) is 1. The van der Waals surface area contributed by atoms with Crippen molar-refractivity contribution in [1.82, 2.24) is 0 Å². The number of carbonyl (C=O) groups is 1. The minimum absolute atomic E-state index is 0.00642. The fourth-order valence-corrected chi connectivity index (χ4v) is 2.13. The number of thioether (sulfide) groups is 1. The van der Waals surface area contributed by atoms with Gasteiger partial charge in [0.25, 0.3) is 0 Å². The molecule has 0 atom stereocenters. The summed E-state index contributed by atoms with van der Waals surface area (Å²) < 4.78 is 12.0. The largest absolute Gasteiger partial charge is 0.392 e. The Morgan fingerprint density at radius 1 is 1.26 bits per heavy atom. The summed E-state index contributed by atoms with van der Waals surface area (Å²) in [7, 11) is 0. The molecule has 0 bridgehead atoms. The molecule has 3 N–H and O–H groups in total. The minimum Gasteiger partial charge on any atom is -0.392 e. The van der Waals surface area contributed by atoms with Crippen molar-refractivity contribution in [2.24, 2.45) is 5.73 Å². The Morgan fingerprint density at radius 3 is 2.79 bits per heavy atom. The average molecular weight is 276 g/mol. The predicted octanol–water partition coefficient (Wildman–Crippen LogP) is 3.24. The second-order valence-electron chi connectivity index (χ2n) is 3.88. The van der Waals surface area contributed by atoms with Crippen molar-refractivity contribution in [2.75, 3.05) is 11.1 Å². The molecule has 3 nitrogen and oxygen atoms in total. The van der Waals surface area contributed by atoms with Gasteiger partial charge in [0.15, 0.2) is 0 Å². The van der Waals surface area contributed by atoms with Crippen molar-refractivity contribution in [1.29, 1.82) is 0 Å². The van der Waals surface area contributed by atoms with Crippen molar-refractivity contribution >= 4 is 34.1 Å². The van der Waals surface area contributed by atoms with Crippen LogP contribution in [0, 0.1) is 0 Å². The van der Waals surface area contributed by atoms with E-state index < -0.39 is 0 Å². The van der Waals surface area contributed by atoms with Crippen LogP contribution in [0.3, 0.4) is 0 Å². The lowest BCUT2D eigenvalue weighted by molar-refractivity contribution is -0.113. The molecular weight excluding hydrogens is 263 g/mol. The first kappa shape index (κ1) is 13.4. The molecule has 0 aliphatic carbocycles. The number of anilines is 1. The average Bonchev–Trinajstić information content (AvgIpc) is 2.45. The van der Waals surface area contributed by atoms with E-state index in [1.807, 2.05) is 42.5 Å². The number of rotatable bonds is 4. The Bertz CT molecular complexity index is 622. The van der Waals surface area contributed by atoms with Crippen LogP contribution in [0.25, 0.3) is 10.8 Å². The zero-order chi connectivity index (χ0) is 13.7. The highest BCUT2D eigenvalue weighted by atomic mass is 32.2. The number of amides is 1. The van der Waals surface area contributed by atoms with E-state index in [1.54, 1.807) is 0 Å². The van der Waals surface area contributed by atoms with Gasteiger partial charge in [-0.3, -0.25) is 4.79 Å². The first-order chi connectivity index (χ1) is 9.20. The lowest BCUT2D eigenvalue weighted by atomic mass is 10.1. The van der Waals surface area contributed by atoms with Crippen molar-refractivity contribution < 1.29 is 9.18 Å². The van der Waals surface area contributed by atoms with E-state index in [0.29, 0.717) is 0 Å². The lowest BCUT2D eigenvalue weighted by Crippen LogP contribution is -2.15. The third kappa shape index (κ3) is 3.48. The first-order valence-electron chi connectivity index (χ1n) is 5.67. The van der Waals surface area contributed by atoms with Crippen LogP contribution in [0.5, 0.6) is 0 Å². The Balaban J connectivity index is 2.11. The van der Waals surface area contributed by atoms with Crippen LogP contribution in [0.4, 0.5) is 10.1 Å². The molecule has 5 heteroatoms. The number of carbonyl (C=O) groups excluding carboxylic acids is 1. The van der Waals surface area contributed by atoms with Gasteiger partial charge in [-0.1, -0.05) is 48.2 Å². The highest BCUT2D eigenvalue weighted by molar-refractivity contribution is 8.03. The summed E-state index contributed by atoms with van der Waals surface area (Å²) >= 11 is 0.961. The molecule has 0 spiro atoms. The lowest BCUT2D eigenvalue weighted by Gasteiger charge is -2.08. The normalized spacial score (nSPS) is 11.5. The third-order valence-corrected chi connectivity index (χ3v) is 3.37. The van der Waals surface area contributed by atoms with Gasteiger partial charge in [-0.15, -0.1) is 0 Å². The van der Waals surface area contributed by atoms with Crippen molar-refractivity contribution in [3.63, 3.8) is 0 Å². The molecule has 0 radical (unpaired) electrons. The SMILES string of the molecule is N/C(=C\F)SCC(=O)Nc1cccc2ccccc12. The molecular formula is C14H13FN2OS. The Hall–Kier alpha value is -2.01. The predicted molar refractivity (Wildman–Crippen MR) is 78.4 cm³/mol. The van der Waals surface area contributed by atoms with Gasteiger partial charge >= 0.3 is 0 Å². The number of halogens is 1. The smallest absolute Gasteiger partial charge is 0.234 e. The highest BCUT2D eigenvalue weighted by Gasteiger charge is 2.06. The van der Waals surface area contributed by atoms with Gasteiger partial charge in [0.2, 0.25) is 5.91 Å². The topological polar surface area (TPSA) is 55.1 Å². The fraction of sp³-hybridized carbons (Fsp3) is 0.0714. The summed E-state index contributed by atoms with van der Waals surface area (Å²) in [4.78, 5) is 11.7. The molecule has 2 aromatic rings. The summed E-state index contributed by atoms with van der Waals surface area (Å²) in [6.07, 6.45) is 0.288. The molecule has 0 heterocycles. The van der Waals surface area contributed by atoms with E-state index in [9.17, 15) is 9.18 Å². The number of hydrogen-bond acceptors (Lipinski definition) is 3. The van der Waals surface area contributed by atoms with Crippen molar-refractivity contribution in [2.45, 2.75) is 0 Å². The zero-order valence-electron chi connectivity index (χ0n) is 10.1. The molecule has 0 aromatic heterocycles. The maximum atomic E-state index is 12.0. The quantitative estimate of drug-likeness (QED) is 0.901. The maximum absolute atomic E-state index is 12.0. The number of hydrogen-bond donors (Lipinski definition) is 2. The molecule has 0 aliphatic heterocycles. The van der Waals surface area contributed by atoms with Crippen molar-refractivity contribution in [3.05, 3.63) is 53.8 Å². The molecule has 2 rings (SSSR count). The summed E-state index contributed by atoms with van der Waals surface area (Å²) in [5, 5.41) is 4.81. The van der Waals surface area contributed by atoms with E-state index in [2.05, 4.69) is 5.32 Å². The maximum Gasteiger partial charge on any atom is 0.234 e. The Labute approximate surface area is 114 Å². The minimum atomic E-state index is -0.217. The van der Waals surface area contributed by atoms with Gasteiger partial charge in [0, 0.05) is 11.1 Å². The summed E-state index contributed by atoms with van der Waals surface area (Å²) in [6.45, 7) is 0. The van der Waals surface area contributed by atoms with Crippen LogP contribution >= 0.6 is 11.8 Å². The molecule has 0 fully saturated rings. The van der Waals surface area contributed by atoms with Gasteiger partial charge in [-0.05, 0) is 11.5 Å². The van der Waals surface area contributed by atoms with E-state index >= 15 is 0 Å². The van der Waals surface area contributed by atoms with Gasteiger partial charge in [0.1, 0.15) is 6.33 Å². The number of nitrogens with two attached hydrogens (primary N) is 1. The molecule has 2 aromatic carbocycles. The van der Waals surface area contributed by atoms with Crippen LogP contribution in [-0.2, 0) is 4.79 Å². The van der Waals surface area contributed by atoms with Crippen LogP contribution in [0.2, 0.25) is 0 Å². The zero-order valence-corrected chi connectivity index (χ0v) is 10.9. The second-order valence-corrected chi connectivity index (χ2v) is 4.92. The van der Waals surface area contributed by atoms with E-state index in [0.717, 1.165) is 28.2 Å². The second kappa shape index (κ2) is 6.24. The molecule has 1 amide bonds. The molecule has 0 saturated carbocycles. The highest BCUT2D eigenvalue weighted by Crippen LogP contribution is 2.23. The van der Waals surface area contributed by atoms with Crippen LogP contribution in [0.1, 0.15) is 0 Å². The standard InChI is InChI=1S/C14H13FN2OS/c15-8-13(16)19-9-14(18)17-12-7-3-5-10-4-1-2-6-11(10)12/h1-8H,9,16H2,(H,17,18)/b13-8+. The van der Waals surface area contributed by atoms with Gasteiger partial charge in [0.05, 0.1) is 10.8 Å². The molecule has 0 saturated heterocycles. The molecule has 0 aliphatic rings. The van der Waals surface area contributed by atoms with Crippen LogP contribution in [0.15, 0.2) is 53.8 Å². The van der Waals surface area contributed by atoms with Gasteiger partial charge < -0.3 is 11.1 Å². The summed E-state index contributed by atoms with van der Waals surface area (Å²) in [6, 6.07) is 13.5. The summed E-state index contributed by atoms with van der Waals surface area (Å²) in [5.41, 5.74) is 6.02. The third-order valence-electron chi connectivity index (χ3n) is 2.54. The number of benzene rings is 2. The first-order valence-corrected chi connectivity index (χ1v) is 6.65. The van der Waals surface area contributed by atoms with Gasteiger partial charge in [-0.2, -0.15) is 0 Å².